The van der Waals surface area contributed by atoms with Gasteiger partial charge in [-0.15, -0.1) is 0 Å². The first-order valence-corrected chi connectivity index (χ1v) is 6.88. The van der Waals surface area contributed by atoms with Crippen LogP contribution in [0.25, 0.3) is 0 Å². The fraction of sp³-hybridized carbons (Fsp3) is 0.929. The third-order valence-corrected chi connectivity index (χ3v) is 3.33. The summed E-state index contributed by atoms with van der Waals surface area (Å²) in [6.07, 6.45) is 3.83. The van der Waals surface area contributed by atoms with E-state index in [1.165, 1.54) is 19.3 Å². The monoisotopic (exact) mass is 239 g/mol. The largest absolute Gasteiger partial charge is 0.356 e. The van der Waals surface area contributed by atoms with Gasteiger partial charge >= 0.3 is 0 Å². The van der Waals surface area contributed by atoms with E-state index in [2.05, 4.69) is 42.9 Å². The van der Waals surface area contributed by atoms with Crippen molar-refractivity contribution < 1.29 is 0 Å². The summed E-state index contributed by atoms with van der Waals surface area (Å²) in [5, 5.41) is 3.49. The standard InChI is InChI=1S/C14H29N3/c1-12-7-6-10-17(11-12)13(15-5)16-9-8-14(2,3)4/h12H,6-11H2,1-5H3,(H,15,16). The molecule has 1 unspecified atom stereocenters. The zero-order chi connectivity index (χ0) is 12.9. The van der Waals surface area contributed by atoms with Gasteiger partial charge < -0.3 is 10.2 Å². The maximum atomic E-state index is 4.40. The maximum Gasteiger partial charge on any atom is 0.193 e. The van der Waals surface area contributed by atoms with E-state index in [1.54, 1.807) is 0 Å². The van der Waals surface area contributed by atoms with Crippen molar-refractivity contribution in [1.29, 1.82) is 0 Å². The van der Waals surface area contributed by atoms with Crippen LogP contribution in [0, 0.1) is 11.3 Å². The SMILES string of the molecule is CN=C(NCCC(C)(C)C)N1CCCC(C)C1. The number of hydrogen-bond donors (Lipinski definition) is 1. The molecule has 0 aliphatic carbocycles. The van der Waals surface area contributed by atoms with E-state index in [4.69, 9.17) is 0 Å². The van der Waals surface area contributed by atoms with Crippen LogP contribution in [0.1, 0.15) is 47.0 Å². The number of hydrogen-bond acceptors (Lipinski definition) is 1. The molecular weight excluding hydrogens is 210 g/mol. The molecule has 100 valence electrons. The third kappa shape index (κ3) is 5.42. The highest BCUT2D eigenvalue weighted by Crippen LogP contribution is 2.18. The van der Waals surface area contributed by atoms with Crippen molar-refractivity contribution in [3.05, 3.63) is 0 Å². The predicted molar refractivity (Wildman–Crippen MR) is 75.4 cm³/mol. The first-order chi connectivity index (χ1) is 7.92. The van der Waals surface area contributed by atoms with E-state index in [-0.39, 0.29) is 0 Å². The Labute approximate surface area is 107 Å². The van der Waals surface area contributed by atoms with Gasteiger partial charge in [-0.25, -0.2) is 0 Å². The molecule has 0 bridgehead atoms. The molecule has 1 rings (SSSR count). The lowest BCUT2D eigenvalue weighted by atomic mass is 9.92. The molecule has 1 fully saturated rings. The van der Waals surface area contributed by atoms with Gasteiger partial charge in [-0.1, -0.05) is 27.7 Å². The molecule has 1 atom stereocenters. The van der Waals surface area contributed by atoms with Crippen LogP contribution in [-0.4, -0.2) is 37.5 Å². The molecular formula is C14H29N3. The smallest absolute Gasteiger partial charge is 0.193 e. The van der Waals surface area contributed by atoms with Gasteiger partial charge in [0, 0.05) is 26.7 Å². The molecule has 0 radical (unpaired) electrons. The minimum Gasteiger partial charge on any atom is -0.356 e. The number of nitrogens with one attached hydrogen (secondary N) is 1. The Kier molecular flexibility index (Phi) is 5.29. The lowest BCUT2D eigenvalue weighted by molar-refractivity contribution is 0.264. The first kappa shape index (κ1) is 14.3. The van der Waals surface area contributed by atoms with Crippen molar-refractivity contribution in [2.45, 2.75) is 47.0 Å². The van der Waals surface area contributed by atoms with Crippen molar-refractivity contribution in [1.82, 2.24) is 10.2 Å². The van der Waals surface area contributed by atoms with E-state index in [0.29, 0.717) is 5.41 Å². The molecule has 1 saturated heterocycles. The quantitative estimate of drug-likeness (QED) is 0.593. The van der Waals surface area contributed by atoms with Gasteiger partial charge in [0.1, 0.15) is 0 Å². The highest BCUT2D eigenvalue weighted by molar-refractivity contribution is 5.79. The Hall–Kier alpha value is -0.730. The molecule has 1 aliphatic heterocycles. The van der Waals surface area contributed by atoms with Gasteiger partial charge in [0.2, 0.25) is 0 Å². The van der Waals surface area contributed by atoms with Crippen molar-refractivity contribution in [2.24, 2.45) is 16.3 Å². The summed E-state index contributed by atoms with van der Waals surface area (Å²) in [5.74, 6) is 1.88. The summed E-state index contributed by atoms with van der Waals surface area (Å²) in [6.45, 7) is 12.5. The van der Waals surface area contributed by atoms with Crippen molar-refractivity contribution >= 4 is 5.96 Å². The Morgan fingerprint density at radius 2 is 2.12 bits per heavy atom. The molecule has 1 aliphatic rings. The molecule has 0 aromatic rings. The molecule has 0 spiro atoms. The van der Waals surface area contributed by atoms with Crippen LogP contribution in [0.15, 0.2) is 4.99 Å². The topological polar surface area (TPSA) is 27.6 Å². The van der Waals surface area contributed by atoms with E-state index in [1.807, 2.05) is 7.05 Å². The van der Waals surface area contributed by atoms with Crippen LogP contribution in [-0.2, 0) is 0 Å². The van der Waals surface area contributed by atoms with Gasteiger partial charge in [0.05, 0.1) is 0 Å². The molecule has 17 heavy (non-hydrogen) atoms. The summed E-state index contributed by atoms with van der Waals surface area (Å²) in [5.41, 5.74) is 0.390. The molecule has 0 amide bonds. The fourth-order valence-electron chi connectivity index (χ4n) is 2.26. The summed E-state index contributed by atoms with van der Waals surface area (Å²) in [4.78, 5) is 6.80. The van der Waals surface area contributed by atoms with E-state index in [0.717, 1.165) is 31.5 Å². The summed E-state index contributed by atoms with van der Waals surface area (Å²) >= 11 is 0. The average molecular weight is 239 g/mol. The number of rotatable bonds is 2. The Bertz CT molecular complexity index is 253. The Balaban J connectivity index is 2.38. The highest BCUT2D eigenvalue weighted by atomic mass is 15.3. The third-order valence-electron chi connectivity index (χ3n) is 3.33. The van der Waals surface area contributed by atoms with Gasteiger partial charge in [-0.2, -0.15) is 0 Å². The number of guanidine groups is 1. The average Bonchev–Trinajstić information content (AvgIpc) is 2.23. The van der Waals surface area contributed by atoms with Gasteiger partial charge in [-0.3, -0.25) is 4.99 Å². The van der Waals surface area contributed by atoms with Crippen LogP contribution in [0.5, 0.6) is 0 Å². The van der Waals surface area contributed by atoms with Gasteiger partial charge in [0.15, 0.2) is 5.96 Å². The molecule has 1 heterocycles. The number of nitrogens with zero attached hydrogens (tertiary/aromatic N) is 2. The van der Waals surface area contributed by atoms with E-state index in [9.17, 15) is 0 Å². The van der Waals surface area contributed by atoms with Crippen LogP contribution < -0.4 is 5.32 Å². The summed E-state index contributed by atoms with van der Waals surface area (Å²) in [7, 11) is 1.89. The van der Waals surface area contributed by atoms with E-state index < -0.39 is 0 Å². The van der Waals surface area contributed by atoms with Crippen molar-refractivity contribution in [3.63, 3.8) is 0 Å². The number of piperidine rings is 1. The summed E-state index contributed by atoms with van der Waals surface area (Å²) < 4.78 is 0. The summed E-state index contributed by atoms with van der Waals surface area (Å²) in [6, 6.07) is 0. The van der Waals surface area contributed by atoms with Crippen molar-refractivity contribution in [3.8, 4) is 0 Å². The first-order valence-electron chi connectivity index (χ1n) is 6.88. The second-order valence-corrected chi connectivity index (χ2v) is 6.48. The van der Waals surface area contributed by atoms with Crippen molar-refractivity contribution in [2.75, 3.05) is 26.7 Å². The molecule has 1 N–H and O–H groups in total. The maximum absolute atomic E-state index is 4.40. The van der Waals surface area contributed by atoms with Crippen LogP contribution in [0.3, 0.4) is 0 Å². The number of aliphatic imine (C=N–C) groups is 1. The lowest BCUT2D eigenvalue weighted by Gasteiger charge is -2.34. The Morgan fingerprint density at radius 1 is 1.41 bits per heavy atom. The molecule has 3 nitrogen and oxygen atoms in total. The van der Waals surface area contributed by atoms with Crippen LogP contribution in [0.4, 0.5) is 0 Å². The second-order valence-electron chi connectivity index (χ2n) is 6.48. The predicted octanol–water partition coefficient (Wildman–Crippen LogP) is 2.73. The number of likely N-dealkylation sites (tertiary alicyclic amines) is 1. The normalized spacial score (nSPS) is 22.8. The van der Waals surface area contributed by atoms with Crippen LogP contribution >= 0.6 is 0 Å². The minimum atomic E-state index is 0.390. The van der Waals surface area contributed by atoms with E-state index >= 15 is 0 Å². The lowest BCUT2D eigenvalue weighted by Crippen LogP contribution is -2.46. The minimum absolute atomic E-state index is 0.390. The Morgan fingerprint density at radius 3 is 2.65 bits per heavy atom. The fourth-order valence-corrected chi connectivity index (χ4v) is 2.26. The molecule has 0 aromatic carbocycles. The molecule has 0 saturated carbocycles. The molecule has 0 aromatic heterocycles. The zero-order valence-electron chi connectivity index (χ0n) is 12.2. The van der Waals surface area contributed by atoms with Crippen LogP contribution in [0.2, 0.25) is 0 Å². The van der Waals surface area contributed by atoms with Gasteiger partial charge in [-0.05, 0) is 30.6 Å². The van der Waals surface area contributed by atoms with Gasteiger partial charge in [0.25, 0.3) is 0 Å². The molecule has 3 heteroatoms. The zero-order valence-corrected chi connectivity index (χ0v) is 12.2. The highest BCUT2D eigenvalue weighted by Gasteiger charge is 2.19. The second kappa shape index (κ2) is 6.27.